The maximum absolute atomic E-state index is 12.0. The predicted molar refractivity (Wildman–Crippen MR) is 109 cm³/mol. The van der Waals surface area contributed by atoms with Crippen molar-refractivity contribution in [2.45, 2.75) is 45.8 Å². The van der Waals surface area contributed by atoms with E-state index in [1.165, 1.54) is 11.8 Å². The van der Waals surface area contributed by atoms with Crippen molar-refractivity contribution in [1.29, 1.82) is 0 Å². The first kappa shape index (κ1) is 21.4. The number of thioether (sulfide) groups is 1. The first-order chi connectivity index (χ1) is 12.8. The molecule has 8 nitrogen and oxygen atoms in total. The molecule has 0 bridgehead atoms. The van der Waals surface area contributed by atoms with E-state index in [1.807, 2.05) is 17.9 Å². The third-order valence-electron chi connectivity index (χ3n) is 3.74. The second kappa shape index (κ2) is 9.89. The molecule has 0 aliphatic carbocycles. The summed E-state index contributed by atoms with van der Waals surface area (Å²) in [5.74, 6) is 0.809. The average molecular weight is 395 g/mol. The molecule has 0 saturated carbocycles. The van der Waals surface area contributed by atoms with E-state index in [-0.39, 0.29) is 11.3 Å². The zero-order valence-corrected chi connectivity index (χ0v) is 17.7. The number of hydrogen-bond acceptors (Lipinski definition) is 7. The Morgan fingerprint density at radius 1 is 1.30 bits per heavy atom. The molecule has 2 aromatic rings. The van der Waals surface area contributed by atoms with E-state index in [1.54, 1.807) is 6.20 Å². The summed E-state index contributed by atoms with van der Waals surface area (Å²) in [6.07, 6.45) is 4.21. The summed E-state index contributed by atoms with van der Waals surface area (Å²) in [7, 11) is 0. The van der Waals surface area contributed by atoms with Gasteiger partial charge >= 0.3 is 0 Å². The number of hydrogen-bond donors (Lipinski definition) is 2. The van der Waals surface area contributed by atoms with Crippen LogP contribution >= 0.6 is 11.8 Å². The van der Waals surface area contributed by atoms with Gasteiger partial charge in [0, 0.05) is 26.1 Å². The molecule has 2 rings (SSSR count). The van der Waals surface area contributed by atoms with Crippen molar-refractivity contribution in [3.63, 3.8) is 0 Å². The van der Waals surface area contributed by atoms with Crippen molar-refractivity contribution in [3.8, 4) is 0 Å². The highest BCUT2D eigenvalue weighted by atomic mass is 32.2. The van der Waals surface area contributed by atoms with Crippen LogP contribution < -0.4 is 10.6 Å². The lowest BCUT2D eigenvalue weighted by Gasteiger charge is -2.17. The summed E-state index contributed by atoms with van der Waals surface area (Å²) in [4.78, 5) is 21.1. The van der Waals surface area contributed by atoms with Gasteiger partial charge in [0.25, 0.3) is 0 Å². The zero-order chi connectivity index (χ0) is 19.9. The molecule has 0 aliphatic heterocycles. The highest BCUT2D eigenvalue weighted by Crippen LogP contribution is 2.23. The van der Waals surface area contributed by atoms with Gasteiger partial charge in [0.1, 0.15) is 5.82 Å². The number of anilines is 1. The molecule has 27 heavy (non-hydrogen) atoms. The lowest BCUT2D eigenvalue weighted by Crippen LogP contribution is -2.30. The molecule has 0 aromatic carbocycles. The first-order valence-electron chi connectivity index (χ1n) is 9.20. The van der Waals surface area contributed by atoms with E-state index in [2.05, 4.69) is 46.5 Å². The van der Waals surface area contributed by atoms with E-state index in [0.29, 0.717) is 44.4 Å². The van der Waals surface area contributed by atoms with E-state index in [4.69, 9.17) is 4.74 Å². The van der Waals surface area contributed by atoms with Crippen LogP contribution in [0, 0.1) is 5.41 Å². The van der Waals surface area contributed by atoms with Gasteiger partial charge in [0.05, 0.1) is 24.7 Å². The highest BCUT2D eigenvalue weighted by molar-refractivity contribution is 7.98. The maximum Gasteiger partial charge on any atom is 0.220 e. The Morgan fingerprint density at radius 3 is 2.74 bits per heavy atom. The Hall–Kier alpha value is -1.87. The number of aromatic nitrogens is 4. The van der Waals surface area contributed by atoms with Crippen LogP contribution in [0.4, 0.5) is 5.82 Å². The molecule has 0 fully saturated rings. The normalized spacial score (nSPS) is 11.7. The third kappa shape index (κ3) is 6.66. The Kier molecular flexibility index (Phi) is 7.85. The van der Waals surface area contributed by atoms with Crippen molar-refractivity contribution >= 4 is 34.5 Å². The monoisotopic (exact) mass is 394 g/mol. The predicted octanol–water partition coefficient (Wildman–Crippen LogP) is 2.55. The minimum absolute atomic E-state index is 0.0228. The standard InChI is InChI=1S/C18H30N6O2S/c1-6-26-10-8-20-15-13-12-21-24(16(13)23-17(22-15)27-5)9-7-19-14(25)11-18(2,3)4/h12H,6-11H2,1-5H3,(H,19,25)(H,20,22,23). The van der Waals surface area contributed by atoms with Crippen LogP contribution in [0.1, 0.15) is 34.1 Å². The third-order valence-corrected chi connectivity index (χ3v) is 4.29. The number of ether oxygens (including phenoxy) is 1. The van der Waals surface area contributed by atoms with Gasteiger partial charge in [-0.2, -0.15) is 5.10 Å². The molecule has 150 valence electrons. The van der Waals surface area contributed by atoms with E-state index in [0.717, 1.165) is 16.9 Å². The maximum atomic E-state index is 12.0. The summed E-state index contributed by atoms with van der Waals surface area (Å²) in [6.45, 7) is 11.2. The Bertz CT molecular complexity index is 756. The molecule has 0 unspecified atom stereocenters. The van der Waals surface area contributed by atoms with Crippen LogP contribution in [0.25, 0.3) is 11.0 Å². The topological polar surface area (TPSA) is 94.0 Å². The number of nitrogens with zero attached hydrogens (tertiary/aromatic N) is 4. The van der Waals surface area contributed by atoms with Gasteiger partial charge in [-0.15, -0.1) is 0 Å². The van der Waals surface area contributed by atoms with Crippen LogP contribution in [0.5, 0.6) is 0 Å². The van der Waals surface area contributed by atoms with E-state index >= 15 is 0 Å². The van der Waals surface area contributed by atoms with Crippen LogP contribution in [0.2, 0.25) is 0 Å². The SMILES string of the molecule is CCOCCNc1nc(SC)nc2c1cnn2CCNC(=O)CC(C)(C)C. The first-order valence-corrected chi connectivity index (χ1v) is 10.4. The molecule has 2 N–H and O–H groups in total. The lowest BCUT2D eigenvalue weighted by atomic mass is 9.92. The lowest BCUT2D eigenvalue weighted by molar-refractivity contribution is -0.122. The largest absolute Gasteiger partial charge is 0.380 e. The van der Waals surface area contributed by atoms with Crippen molar-refractivity contribution in [2.24, 2.45) is 5.41 Å². The zero-order valence-electron chi connectivity index (χ0n) is 16.8. The minimum atomic E-state index is -0.0228. The van der Waals surface area contributed by atoms with Gasteiger partial charge in [-0.25, -0.2) is 14.6 Å². The summed E-state index contributed by atoms with van der Waals surface area (Å²) in [6, 6.07) is 0. The summed E-state index contributed by atoms with van der Waals surface area (Å²) in [5.41, 5.74) is 0.740. The molecular formula is C18H30N6O2S. The fourth-order valence-electron chi connectivity index (χ4n) is 2.56. The number of nitrogens with one attached hydrogen (secondary N) is 2. The molecule has 1 amide bonds. The van der Waals surface area contributed by atoms with Crippen molar-refractivity contribution in [2.75, 3.05) is 37.9 Å². The quantitative estimate of drug-likeness (QED) is 0.363. The molecule has 0 atom stereocenters. The Morgan fingerprint density at radius 2 is 2.07 bits per heavy atom. The smallest absolute Gasteiger partial charge is 0.220 e. The number of amides is 1. The molecular weight excluding hydrogens is 364 g/mol. The van der Waals surface area contributed by atoms with Crippen molar-refractivity contribution in [1.82, 2.24) is 25.1 Å². The average Bonchev–Trinajstić information content (AvgIpc) is 3.00. The Balaban J connectivity index is 2.06. The summed E-state index contributed by atoms with van der Waals surface area (Å²) in [5, 5.41) is 12.2. The van der Waals surface area contributed by atoms with Gasteiger partial charge in [0.15, 0.2) is 10.8 Å². The van der Waals surface area contributed by atoms with Crippen molar-refractivity contribution in [3.05, 3.63) is 6.20 Å². The number of carbonyl (C=O) groups excluding carboxylic acids is 1. The van der Waals surface area contributed by atoms with Crippen LogP contribution in [-0.4, -0.2) is 58.2 Å². The highest BCUT2D eigenvalue weighted by Gasteiger charge is 2.16. The van der Waals surface area contributed by atoms with Gasteiger partial charge in [-0.05, 0) is 18.6 Å². The van der Waals surface area contributed by atoms with Crippen molar-refractivity contribution < 1.29 is 9.53 Å². The van der Waals surface area contributed by atoms with Gasteiger partial charge < -0.3 is 15.4 Å². The van der Waals surface area contributed by atoms with Crippen LogP contribution in [0.3, 0.4) is 0 Å². The molecule has 2 aromatic heterocycles. The fraction of sp³-hybridized carbons (Fsp3) is 0.667. The van der Waals surface area contributed by atoms with Gasteiger partial charge in [-0.1, -0.05) is 32.5 Å². The molecule has 0 saturated heterocycles. The Labute approximate surface area is 164 Å². The molecule has 0 aliphatic rings. The minimum Gasteiger partial charge on any atom is -0.380 e. The molecule has 9 heteroatoms. The van der Waals surface area contributed by atoms with Gasteiger partial charge in [-0.3, -0.25) is 4.79 Å². The van der Waals surface area contributed by atoms with Crippen LogP contribution in [-0.2, 0) is 16.1 Å². The fourth-order valence-corrected chi connectivity index (χ4v) is 2.92. The molecule has 2 heterocycles. The van der Waals surface area contributed by atoms with E-state index < -0.39 is 0 Å². The number of carbonyl (C=O) groups is 1. The van der Waals surface area contributed by atoms with Crippen LogP contribution in [0.15, 0.2) is 11.4 Å². The molecule has 0 radical (unpaired) electrons. The summed E-state index contributed by atoms with van der Waals surface area (Å²) < 4.78 is 7.17. The number of rotatable bonds is 10. The second-order valence-corrected chi connectivity index (χ2v) is 8.15. The van der Waals surface area contributed by atoms with Gasteiger partial charge in [0.2, 0.25) is 5.91 Å². The van der Waals surface area contributed by atoms with E-state index in [9.17, 15) is 4.79 Å². The second-order valence-electron chi connectivity index (χ2n) is 7.37. The summed E-state index contributed by atoms with van der Waals surface area (Å²) >= 11 is 1.48. The number of fused-ring (bicyclic) bond motifs is 1. The molecule has 0 spiro atoms.